The third-order valence-corrected chi connectivity index (χ3v) is 12.8. The molecule has 4 nitrogen and oxygen atoms in total. The Labute approximate surface area is 335 Å². The maximum atomic E-state index is 6.58. The van der Waals surface area contributed by atoms with Gasteiger partial charge in [-0.3, -0.25) is 0 Å². The van der Waals surface area contributed by atoms with Gasteiger partial charge >= 0.3 is 0 Å². The predicted molar refractivity (Wildman–Crippen MR) is 238 cm³/mol. The van der Waals surface area contributed by atoms with Gasteiger partial charge in [0, 0.05) is 49.8 Å². The Balaban J connectivity index is 1.19. The van der Waals surface area contributed by atoms with Crippen LogP contribution in [0.25, 0.3) is 72.1 Å². The van der Waals surface area contributed by atoms with Gasteiger partial charge in [-0.05, 0) is 59.5 Å². The first-order valence-corrected chi connectivity index (χ1v) is 20.4. The van der Waals surface area contributed by atoms with E-state index in [-0.39, 0.29) is 0 Å². The van der Waals surface area contributed by atoms with E-state index in [4.69, 9.17) is 14.4 Å². The van der Waals surface area contributed by atoms with Crippen LogP contribution in [0.4, 0.5) is 0 Å². The average molecular weight is 752 g/mol. The predicted octanol–water partition coefficient (Wildman–Crippen LogP) is 13.5. The highest BCUT2D eigenvalue weighted by Gasteiger charge is 2.33. The largest absolute Gasteiger partial charge is 0.452 e. The molecule has 4 heterocycles. The lowest BCUT2D eigenvalue weighted by Gasteiger charge is -2.22. The minimum absolute atomic E-state index is 0.348. The van der Waals surface area contributed by atoms with E-state index in [1.165, 1.54) is 43.4 Å². The maximum absolute atomic E-state index is 6.58. The highest BCUT2D eigenvalue weighted by Crippen LogP contribution is 2.51. The van der Waals surface area contributed by atoms with E-state index in [1.54, 1.807) is 0 Å². The maximum Gasteiger partial charge on any atom is 0.175 e. The summed E-state index contributed by atoms with van der Waals surface area (Å²) in [7, 11) is 0. The van der Waals surface area contributed by atoms with Crippen molar-refractivity contribution in [3.63, 3.8) is 0 Å². The van der Waals surface area contributed by atoms with Gasteiger partial charge < -0.3 is 8.98 Å². The van der Waals surface area contributed by atoms with Gasteiger partial charge in [0.2, 0.25) is 0 Å². The van der Waals surface area contributed by atoms with Crippen molar-refractivity contribution < 1.29 is 4.42 Å². The lowest BCUT2D eigenvalue weighted by molar-refractivity contribution is 0.660. The van der Waals surface area contributed by atoms with E-state index in [0.29, 0.717) is 23.4 Å². The number of hydrogen-bond donors (Lipinski definition) is 0. The fourth-order valence-corrected chi connectivity index (χ4v) is 10.1. The van der Waals surface area contributed by atoms with Gasteiger partial charge in [0.15, 0.2) is 11.4 Å². The van der Waals surface area contributed by atoms with Crippen molar-refractivity contribution in [2.75, 3.05) is 0 Å². The minimum Gasteiger partial charge on any atom is -0.452 e. The second-order valence-corrected chi connectivity index (χ2v) is 16.0. The molecule has 0 bridgehead atoms. The molecule has 0 amide bonds. The zero-order chi connectivity index (χ0) is 37.9. The molecule has 0 spiro atoms. The molecule has 3 aromatic heterocycles. The lowest BCUT2D eigenvalue weighted by Crippen LogP contribution is -2.07. The van der Waals surface area contributed by atoms with Crippen molar-refractivity contribution in [1.82, 2.24) is 14.5 Å². The Morgan fingerprint density at radius 3 is 2.18 bits per heavy atom. The average Bonchev–Trinajstić information content (AvgIpc) is 3.94. The molecule has 272 valence electrons. The lowest BCUT2D eigenvalue weighted by atomic mass is 9.91. The molecule has 2 unspecified atom stereocenters. The van der Waals surface area contributed by atoms with Gasteiger partial charge in [0.25, 0.3) is 0 Å². The number of hydrogen-bond acceptors (Lipinski definition) is 4. The van der Waals surface area contributed by atoms with Crippen LogP contribution in [-0.4, -0.2) is 19.8 Å². The number of rotatable bonds is 7. The molecule has 9 aromatic rings. The number of para-hydroxylation sites is 2. The zero-order valence-corrected chi connectivity index (χ0v) is 32.2. The number of fused-ring (bicyclic) bond motifs is 9. The van der Waals surface area contributed by atoms with E-state index in [0.717, 1.165) is 50.2 Å². The van der Waals surface area contributed by atoms with Crippen molar-refractivity contribution in [3.05, 3.63) is 204 Å². The third-order valence-electron chi connectivity index (χ3n) is 11.5. The molecule has 0 saturated carbocycles. The van der Waals surface area contributed by atoms with E-state index in [2.05, 4.69) is 157 Å². The second-order valence-electron chi connectivity index (χ2n) is 14.8. The van der Waals surface area contributed by atoms with Crippen molar-refractivity contribution in [3.8, 4) is 11.4 Å². The molecule has 2 aliphatic rings. The fourth-order valence-electron chi connectivity index (χ4n) is 8.73. The van der Waals surface area contributed by atoms with Crippen molar-refractivity contribution in [2.45, 2.75) is 29.4 Å². The second kappa shape index (κ2) is 13.8. The Hall–Kier alpha value is -6.69. The van der Waals surface area contributed by atoms with Gasteiger partial charge in [-0.15, -0.1) is 11.8 Å². The molecule has 0 saturated heterocycles. The first-order valence-electron chi connectivity index (χ1n) is 19.5. The summed E-state index contributed by atoms with van der Waals surface area (Å²) < 4.78 is 9.11. The van der Waals surface area contributed by atoms with E-state index in [9.17, 15) is 0 Å². The van der Waals surface area contributed by atoms with Crippen LogP contribution in [0.1, 0.15) is 35.2 Å². The van der Waals surface area contributed by atoms with Crippen molar-refractivity contribution in [2.24, 2.45) is 0 Å². The van der Waals surface area contributed by atoms with Crippen molar-refractivity contribution in [1.29, 1.82) is 0 Å². The Morgan fingerprint density at radius 1 is 0.684 bits per heavy atom. The smallest absolute Gasteiger partial charge is 0.175 e. The van der Waals surface area contributed by atoms with Gasteiger partial charge in [-0.2, -0.15) is 0 Å². The number of thioether (sulfide) groups is 1. The zero-order valence-electron chi connectivity index (χ0n) is 31.3. The number of furan rings is 1. The third kappa shape index (κ3) is 5.69. The molecule has 0 fully saturated rings. The molecule has 0 N–H and O–H groups in total. The molecule has 0 radical (unpaired) electrons. The van der Waals surface area contributed by atoms with Gasteiger partial charge in [0.05, 0.1) is 22.4 Å². The van der Waals surface area contributed by atoms with Crippen LogP contribution in [0.5, 0.6) is 0 Å². The topological polar surface area (TPSA) is 43.9 Å². The first kappa shape index (κ1) is 33.6. The van der Waals surface area contributed by atoms with Crippen LogP contribution in [0, 0.1) is 0 Å². The normalized spacial score (nSPS) is 16.8. The monoisotopic (exact) mass is 751 g/mol. The quantitative estimate of drug-likeness (QED) is 0.152. The van der Waals surface area contributed by atoms with Gasteiger partial charge in [-0.25, -0.2) is 9.97 Å². The summed E-state index contributed by atoms with van der Waals surface area (Å²) in [6.07, 6.45) is 12.0. The molecule has 5 heteroatoms. The molecule has 2 atom stereocenters. The highest BCUT2D eigenvalue weighted by atomic mass is 32.2. The summed E-state index contributed by atoms with van der Waals surface area (Å²) in [5.74, 6) is 1.04. The van der Waals surface area contributed by atoms with Crippen molar-refractivity contribution >= 4 is 72.5 Å². The molecule has 11 rings (SSSR count). The summed E-state index contributed by atoms with van der Waals surface area (Å²) in [5, 5.41) is 3.92. The summed E-state index contributed by atoms with van der Waals surface area (Å²) >= 11 is 1.98. The number of nitrogens with zero attached hydrogens (tertiary/aromatic N) is 3. The molecular weight excluding hydrogens is 715 g/mol. The molecular formula is C52H37N3OS. The standard InChI is InChI=1S/C52H37N3OS/c1-33(34-17-5-2-6-18-34)50(55-44-26-14-11-23-38(44)41-32-48-42(31-45(41)55)39-24-13-16-28-47(39)57-48)37(35-19-7-3-8-20-35)29-30-43-51-49(40-25-12-15-27-46(40)56-51)54-52(53-43)36-21-9-4-10-22-36/h2-29,31-32,39,47H,30H2,1H3/b37-29-,50-33-. The summed E-state index contributed by atoms with van der Waals surface area (Å²) in [6, 6.07) is 53.8. The van der Waals surface area contributed by atoms with Crippen LogP contribution in [0.15, 0.2) is 191 Å². The SMILES string of the molecule is C/C(=C(\C(=C/Cc1nc(-c2ccccc2)nc2c1oc1ccccc12)c1ccccc1)n1c2ccccc2c2cc3c(cc21)C1C=CC=CC1S3)c1ccccc1. The number of aromatic nitrogens is 3. The van der Waals surface area contributed by atoms with E-state index in [1.807, 2.05) is 48.2 Å². The summed E-state index contributed by atoms with van der Waals surface area (Å²) in [4.78, 5) is 11.7. The minimum atomic E-state index is 0.348. The Bertz CT molecular complexity index is 3130. The number of benzene rings is 6. The van der Waals surface area contributed by atoms with Gasteiger partial charge in [-0.1, -0.05) is 152 Å². The van der Waals surface area contributed by atoms with Crippen LogP contribution < -0.4 is 0 Å². The highest BCUT2D eigenvalue weighted by molar-refractivity contribution is 8.00. The van der Waals surface area contributed by atoms with Crippen LogP contribution in [-0.2, 0) is 6.42 Å². The summed E-state index contributed by atoms with van der Waals surface area (Å²) in [5.41, 5.74) is 13.7. The van der Waals surface area contributed by atoms with Crippen LogP contribution in [0.3, 0.4) is 0 Å². The summed E-state index contributed by atoms with van der Waals surface area (Å²) in [6.45, 7) is 2.27. The van der Waals surface area contributed by atoms with Crippen LogP contribution in [0.2, 0.25) is 0 Å². The van der Waals surface area contributed by atoms with E-state index >= 15 is 0 Å². The molecule has 1 aliphatic carbocycles. The van der Waals surface area contributed by atoms with E-state index < -0.39 is 0 Å². The van der Waals surface area contributed by atoms with Gasteiger partial charge in [0.1, 0.15) is 11.1 Å². The molecule has 1 aliphatic heterocycles. The first-order chi connectivity index (χ1) is 28.2. The Kier molecular flexibility index (Phi) is 8.14. The number of allylic oxidation sites excluding steroid dienone is 7. The Morgan fingerprint density at radius 2 is 1.37 bits per heavy atom. The van der Waals surface area contributed by atoms with Crippen LogP contribution >= 0.6 is 11.8 Å². The fraction of sp³-hybridized carbons (Fsp3) is 0.0769. The molecule has 57 heavy (non-hydrogen) atoms. The molecule has 6 aromatic carbocycles.